The van der Waals surface area contributed by atoms with Gasteiger partial charge in [-0.2, -0.15) is 0 Å². The standard InChI is InChI=1S/C14H19N/c1-10-2-3-12(9-15-13-6-7-13)14(8-10)11-4-5-11/h2-3,8,11,13,15H,4-7,9H2,1H3. The lowest BCUT2D eigenvalue weighted by Gasteiger charge is -2.10. The van der Waals surface area contributed by atoms with Gasteiger partial charge in [0.05, 0.1) is 0 Å². The van der Waals surface area contributed by atoms with Gasteiger partial charge in [-0.15, -0.1) is 0 Å². The lowest BCUT2D eigenvalue weighted by Crippen LogP contribution is -2.16. The van der Waals surface area contributed by atoms with Gasteiger partial charge in [0.15, 0.2) is 0 Å². The quantitative estimate of drug-likeness (QED) is 0.789. The van der Waals surface area contributed by atoms with Crippen molar-refractivity contribution in [1.29, 1.82) is 0 Å². The number of rotatable bonds is 4. The van der Waals surface area contributed by atoms with Crippen molar-refractivity contribution in [3.63, 3.8) is 0 Å². The van der Waals surface area contributed by atoms with E-state index in [1.807, 2.05) is 0 Å². The first-order valence-electron chi connectivity index (χ1n) is 6.16. The van der Waals surface area contributed by atoms with Crippen molar-refractivity contribution in [2.24, 2.45) is 0 Å². The van der Waals surface area contributed by atoms with E-state index in [4.69, 9.17) is 0 Å². The van der Waals surface area contributed by atoms with Gasteiger partial charge in [0.1, 0.15) is 0 Å². The molecule has 1 aromatic rings. The van der Waals surface area contributed by atoms with Crippen molar-refractivity contribution in [2.75, 3.05) is 0 Å². The topological polar surface area (TPSA) is 12.0 Å². The second kappa shape index (κ2) is 3.64. The highest BCUT2D eigenvalue weighted by atomic mass is 14.9. The van der Waals surface area contributed by atoms with Crippen molar-refractivity contribution in [1.82, 2.24) is 5.32 Å². The minimum atomic E-state index is 0.818. The maximum Gasteiger partial charge on any atom is 0.0210 e. The zero-order valence-electron chi connectivity index (χ0n) is 9.42. The molecule has 0 spiro atoms. The molecule has 1 heteroatoms. The maximum atomic E-state index is 3.62. The Morgan fingerprint density at radius 3 is 2.67 bits per heavy atom. The van der Waals surface area contributed by atoms with E-state index in [1.54, 1.807) is 5.56 Å². The van der Waals surface area contributed by atoms with Crippen LogP contribution in [0.3, 0.4) is 0 Å². The highest BCUT2D eigenvalue weighted by Gasteiger charge is 2.26. The van der Waals surface area contributed by atoms with Crippen LogP contribution in [0.1, 0.15) is 48.3 Å². The summed E-state index contributed by atoms with van der Waals surface area (Å²) >= 11 is 0. The summed E-state index contributed by atoms with van der Waals surface area (Å²) in [6.07, 6.45) is 5.56. The minimum Gasteiger partial charge on any atom is -0.310 e. The average Bonchev–Trinajstić information content (AvgIpc) is 3.10. The first kappa shape index (κ1) is 9.41. The Kier molecular flexibility index (Phi) is 2.28. The Labute approximate surface area is 91.9 Å². The summed E-state index contributed by atoms with van der Waals surface area (Å²) in [5, 5.41) is 3.62. The van der Waals surface area contributed by atoms with Crippen LogP contribution in [0.5, 0.6) is 0 Å². The molecule has 1 aromatic carbocycles. The average molecular weight is 201 g/mol. The Bertz CT molecular complexity index is 362. The molecule has 0 aliphatic heterocycles. The van der Waals surface area contributed by atoms with Crippen LogP contribution in [0.15, 0.2) is 18.2 Å². The summed E-state index contributed by atoms with van der Waals surface area (Å²) in [4.78, 5) is 0. The van der Waals surface area contributed by atoms with Crippen LogP contribution in [0.25, 0.3) is 0 Å². The van der Waals surface area contributed by atoms with Gasteiger partial charge in [0.25, 0.3) is 0 Å². The van der Waals surface area contributed by atoms with Gasteiger partial charge in [0, 0.05) is 12.6 Å². The molecule has 0 radical (unpaired) electrons. The van der Waals surface area contributed by atoms with Crippen molar-refractivity contribution < 1.29 is 0 Å². The second-order valence-electron chi connectivity index (χ2n) is 5.13. The molecule has 0 aromatic heterocycles. The molecule has 2 aliphatic rings. The van der Waals surface area contributed by atoms with Crippen LogP contribution < -0.4 is 5.32 Å². The zero-order chi connectivity index (χ0) is 10.3. The third-order valence-electron chi connectivity index (χ3n) is 3.48. The summed E-state index contributed by atoms with van der Waals surface area (Å²) in [5.41, 5.74) is 4.56. The number of hydrogen-bond acceptors (Lipinski definition) is 1. The molecule has 1 nitrogen and oxygen atoms in total. The SMILES string of the molecule is Cc1ccc(CNC2CC2)c(C2CC2)c1. The zero-order valence-corrected chi connectivity index (χ0v) is 9.42. The third kappa shape index (κ3) is 2.23. The largest absolute Gasteiger partial charge is 0.310 e. The Morgan fingerprint density at radius 2 is 2.00 bits per heavy atom. The third-order valence-corrected chi connectivity index (χ3v) is 3.48. The molecule has 1 N–H and O–H groups in total. The molecule has 80 valence electrons. The fraction of sp³-hybridized carbons (Fsp3) is 0.571. The van der Waals surface area contributed by atoms with E-state index in [0.29, 0.717) is 0 Å². The second-order valence-corrected chi connectivity index (χ2v) is 5.13. The normalized spacial score (nSPS) is 20.6. The van der Waals surface area contributed by atoms with Gasteiger partial charge in [-0.25, -0.2) is 0 Å². The van der Waals surface area contributed by atoms with E-state index >= 15 is 0 Å². The summed E-state index contributed by atoms with van der Waals surface area (Å²) < 4.78 is 0. The van der Waals surface area contributed by atoms with Crippen LogP contribution in [-0.2, 0) is 6.54 Å². The monoisotopic (exact) mass is 201 g/mol. The Morgan fingerprint density at radius 1 is 1.20 bits per heavy atom. The summed E-state index contributed by atoms with van der Waals surface area (Å²) in [6, 6.07) is 7.77. The van der Waals surface area contributed by atoms with Gasteiger partial charge < -0.3 is 5.32 Å². The van der Waals surface area contributed by atoms with E-state index in [2.05, 4.69) is 30.4 Å². The van der Waals surface area contributed by atoms with Crippen LogP contribution in [-0.4, -0.2) is 6.04 Å². The minimum absolute atomic E-state index is 0.818. The molecule has 0 saturated heterocycles. The van der Waals surface area contributed by atoms with Crippen LogP contribution in [0.2, 0.25) is 0 Å². The molecule has 2 aliphatic carbocycles. The fourth-order valence-corrected chi connectivity index (χ4v) is 2.19. The van der Waals surface area contributed by atoms with Crippen molar-refractivity contribution in [3.05, 3.63) is 34.9 Å². The lowest BCUT2D eigenvalue weighted by molar-refractivity contribution is 0.682. The first-order chi connectivity index (χ1) is 7.33. The summed E-state index contributed by atoms with van der Waals surface area (Å²) in [7, 11) is 0. The Hall–Kier alpha value is -0.820. The molecular formula is C14H19N. The van der Waals surface area contributed by atoms with Crippen LogP contribution >= 0.6 is 0 Å². The molecule has 15 heavy (non-hydrogen) atoms. The molecule has 3 rings (SSSR count). The number of hydrogen-bond donors (Lipinski definition) is 1. The van der Waals surface area contributed by atoms with E-state index < -0.39 is 0 Å². The van der Waals surface area contributed by atoms with E-state index in [0.717, 1.165) is 18.5 Å². The molecule has 2 saturated carbocycles. The number of aryl methyl sites for hydroxylation is 1. The van der Waals surface area contributed by atoms with Gasteiger partial charge in [0.2, 0.25) is 0 Å². The van der Waals surface area contributed by atoms with Crippen molar-refractivity contribution in [3.8, 4) is 0 Å². The van der Waals surface area contributed by atoms with Gasteiger partial charge in [-0.3, -0.25) is 0 Å². The first-order valence-corrected chi connectivity index (χ1v) is 6.16. The molecule has 0 heterocycles. The predicted molar refractivity (Wildman–Crippen MR) is 63.0 cm³/mol. The van der Waals surface area contributed by atoms with Gasteiger partial charge in [-0.1, -0.05) is 23.8 Å². The van der Waals surface area contributed by atoms with Gasteiger partial charge in [-0.05, 0) is 49.7 Å². The lowest BCUT2D eigenvalue weighted by atomic mass is 10.0. The molecule has 0 amide bonds. The molecule has 2 fully saturated rings. The smallest absolute Gasteiger partial charge is 0.0210 e. The molecular weight excluding hydrogens is 182 g/mol. The molecule has 0 atom stereocenters. The van der Waals surface area contributed by atoms with Crippen LogP contribution in [0.4, 0.5) is 0 Å². The van der Waals surface area contributed by atoms with Crippen molar-refractivity contribution >= 4 is 0 Å². The van der Waals surface area contributed by atoms with Crippen molar-refractivity contribution in [2.45, 2.75) is 51.1 Å². The van der Waals surface area contributed by atoms with E-state index in [9.17, 15) is 0 Å². The van der Waals surface area contributed by atoms with E-state index in [1.165, 1.54) is 36.8 Å². The summed E-state index contributed by atoms with van der Waals surface area (Å²) in [5.74, 6) is 0.876. The Balaban J connectivity index is 1.77. The number of benzene rings is 1. The fourth-order valence-electron chi connectivity index (χ4n) is 2.19. The number of nitrogens with one attached hydrogen (secondary N) is 1. The van der Waals surface area contributed by atoms with Crippen LogP contribution in [0, 0.1) is 6.92 Å². The van der Waals surface area contributed by atoms with Gasteiger partial charge >= 0.3 is 0 Å². The van der Waals surface area contributed by atoms with E-state index in [-0.39, 0.29) is 0 Å². The maximum absolute atomic E-state index is 3.62. The molecule has 0 bridgehead atoms. The summed E-state index contributed by atoms with van der Waals surface area (Å²) in [6.45, 7) is 3.28. The highest BCUT2D eigenvalue weighted by Crippen LogP contribution is 2.42. The predicted octanol–water partition coefficient (Wildman–Crippen LogP) is 3.12. The highest BCUT2D eigenvalue weighted by molar-refractivity contribution is 5.36. The molecule has 0 unspecified atom stereocenters.